The van der Waals surface area contributed by atoms with Crippen molar-refractivity contribution in [1.82, 2.24) is 14.5 Å². The standard InChI is InChI=1S/C59H39N3/c1-5-19-40(20-6-1)42-23-17-24-43(35-42)55-39-54(41-21-7-2-8-22-41)60-58(61-55)44-25-18-30-47(36-44)62-56-34-16-14-32-49(56)51-37-50-48-31-13-15-33-52(48)59(53(50)38-57(51)62,45-26-9-3-10-27-45)46-28-11-4-12-29-46/h1-39H. The highest BCUT2D eigenvalue weighted by atomic mass is 15.0. The van der Waals surface area contributed by atoms with Crippen LogP contribution in [0.5, 0.6) is 0 Å². The Balaban J connectivity index is 1.08. The van der Waals surface area contributed by atoms with E-state index in [0.717, 1.165) is 50.4 Å². The molecule has 0 radical (unpaired) electrons. The molecule has 62 heavy (non-hydrogen) atoms. The van der Waals surface area contributed by atoms with Crippen LogP contribution in [0.1, 0.15) is 22.3 Å². The Bertz CT molecular complexity index is 3400. The highest BCUT2D eigenvalue weighted by Crippen LogP contribution is 2.57. The highest BCUT2D eigenvalue weighted by Gasteiger charge is 2.46. The van der Waals surface area contributed by atoms with Crippen LogP contribution in [0, 0.1) is 0 Å². The first kappa shape index (κ1) is 35.8. The van der Waals surface area contributed by atoms with Gasteiger partial charge in [-0.2, -0.15) is 0 Å². The fraction of sp³-hybridized carbons (Fsp3) is 0.0169. The van der Waals surface area contributed by atoms with Gasteiger partial charge in [-0.1, -0.05) is 194 Å². The van der Waals surface area contributed by atoms with Crippen LogP contribution in [-0.4, -0.2) is 14.5 Å². The van der Waals surface area contributed by atoms with Crippen molar-refractivity contribution >= 4 is 21.8 Å². The van der Waals surface area contributed by atoms with Crippen LogP contribution in [0.15, 0.2) is 237 Å². The lowest BCUT2D eigenvalue weighted by Crippen LogP contribution is -2.28. The van der Waals surface area contributed by atoms with E-state index in [4.69, 9.17) is 9.97 Å². The van der Waals surface area contributed by atoms with Crippen molar-refractivity contribution < 1.29 is 0 Å². The Hall–Kier alpha value is -8.14. The molecule has 3 nitrogen and oxygen atoms in total. The molecule has 0 N–H and O–H groups in total. The molecule has 3 heteroatoms. The molecule has 2 heterocycles. The zero-order valence-corrected chi connectivity index (χ0v) is 33.9. The van der Waals surface area contributed by atoms with Crippen molar-refractivity contribution in [3.8, 4) is 61.8 Å². The largest absolute Gasteiger partial charge is 0.309 e. The molecular formula is C59H39N3. The molecule has 0 saturated heterocycles. The molecule has 0 spiro atoms. The number of benzene rings is 9. The maximum Gasteiger partial charge on any atom is 0.160 e. The quantitative estimate of drug-likeness (QED) is 0.161. The maximum absolute atomic E-state index is 5.32. The van der Waals surface area contributed by atoms with Crippen LogP contribution >= 0.6 is 0 Å². The Morgan fingerprint density at radius 3 is 1.63 bits per heavy atom. The molecule has 290 valence electrons. The molecule has 11 aromatic rings. The van der Waals surface area contributed by atoms with Crippen LogP contribution in [0.3, 0.4) is 0 Å². The molecule has 2 aromatic heterocycles. The molecule has 0 amide bonds. The zero-order valence-electron chi connectivity index (χ0n) is 33.9. The van der Waals surface area contributed by atoms with Gasteiger partial charge in [0, 0.05) is 33.2 Å². The number of para-hydroxylation sites is 1. The molecule has 0 bridgehead atoms. The van der Waals surface area contributed by atoms with Crippen LogP contribution in [0.25, 0.3) is 83.6 Å². The minimum absolute atomic E-state index is 0.508. The van der Waals surface area contributed by atoms with Gasteiger partial charge in [-0.05, 0) is 87.0 Å². The SMILES string of the molecule is c1ccc(-c2cccc(-c3cc(-c4ccccc4)nc(-c4cccc(-n5c6ccccc6c6cc7c(cc65)C(c5ccccc5)(c5ccccc5)c5ccccc5-7)c4)n3)c2)cc1. The third-order valence-electron chi connectivity index (χ3n) is 12.7. The number of rotatable bonds is 7. The molecule has 9 aromatic carbocycles. The first-order valence-corrected chi connectivity index (χ1v) is 21.2. The van der Waals surface area contributed by atoms with Gasteiger partial charge in [-0.25, -0.2) is 9.97 Å². The van der Waals surface area contributed by atoms with E-state index >= 15 is 0 Å². The first-order chi connectivity index (χ1) is 30.7. The normalized spacial score (nSPS) is 12.6. The average Bonchev–Trinajstić information content (AvgIpc) is 3.84. The van der Waals surface area contributed by atoms with Gasteiger partial charge >= 0.3 is 0 Å². The van der Waals surface area contributed by atoms with E-state index < -0.39 is 5.41 Å². The average molecular weight is 790 g/mol. The Morgan fingerprint density at radius 2 is 0.887 bits per heavy atom. The van der Waals surface area contributed by atoms with Gasteiger partial charge < -0.3 is 4.57 Å². The smallest absolute Gasteiger partial charge is 0.160 e. The number of aromatic nitrogens is 3. The van der Waals surface area contributed by atoms with Crippen molar-refractivity contribution in [2.24, 2.45) is 0 Å². The van der Waals surface area contributed by atoms with Crippen LogP contribution in [0.4, 0.5) is 0 Å². The summed E-state index contributed by atoms with van der Waals surface area (Å²) < 4.78 is 2.43. The second kappa shape index (κ2) is 14.5. The summed E-state index contributed by atoms with van der Waals surface area (Å²) in [5.74, 6) is 0.678. The summed E-state index contributed by atoms with van der Waals surface area (Å²) in [5, 5.41) is 2.44. The molecule has 0 fully saturated rings. The summed E-state index contributed by atoms with van der Waals surface area (Å²) in [5.41, 5.74) is 17.6. The Morgan fingerprint density at radius 1 is 0.323 bits per heavy atom. The minimum Gasteiger partial charge on any atom is -0.309 e. The summed E-state index contributed by atoms with van der Waals surface area (Å²) in [6.07, 6.45) is 0. The summed E-state index contributed by atoms with van der Waals surface area (Å²) >= 11 is 0. The van der Waals surface area contributed by atoms with Crippen LogP contribution in [0.2, 0.25) is 0 Å². The Labute approximate surface area is 360 Å². The fourth-order valence-corrected chi connectivity index (χ4v) is 9.94. The number of fused-ring (bicyclic) bond motifs is 6. The molecule has 0 atom stereocenters. The van der Waals surface area contributed by atoms with Gasteiger partial charge in [-0.15, -0.1) is 0 Å². The predicted octanol–water partition coefficient (Wildman–Crippen LogP) is 14.6. The third-order valence-corrected chi connectivity index (χ3v) is 12.7. The van der Waals surface area contributed by atoms with E-state index in [1.807, 2.05) is 6.07 Å². The van der Waals surface area contributed by atoms with Gasteiger partial charge in [0.15, 0.2) is 5.82 Å². The minimum atomic E-state index is -0.508. The molecule has 0 aliphatic heterocycles. The monoisotopic (exact) mass is 789 g/mol. The molecular weight excluding hydrogens is 751 g/mol. The summed E-state index contributed by atoms with van der Waals surface area (Å²) in [7, 11) is 0. The predicted molar refractivity (Wildman–Crippen MR) is 255 cm³/mol. The van der Waals surface area contributed by atoms with E-state index in [1.54, 1.807) is 0 Å². The number of hydrogen-bond acceptors (Lipinski definition) is 2. The van der Waals surface area contributed by atoms with E-state index in [0.29, 0.717) is 5.82 Å². The highest BCUT2D eigenvalue weighted by molar-refractivity contribution is 6.12. The first-order valence-electron chi connectivity index (χ1n) is 21.2. The second-order valence-corrected chi connectivity index (χ2v) is 16.1. The maximum atomic E-state index is 5.32. The van der Waals surface area contributed by atoms with Gasteiger partial charge in [0.25, 0.3) is 0 Å². The molecule has 0 unspecified atom stereocenters. The van der Waals surface area contributed by atoms with E-state index in [2.05, 4.69) is 235 Å². The molecule has 1 aliphatic rings. The van der Waals surface area contributed by atoms with Crippen molar-refractivity contribution in [1.29, 1.82) is 0 Å². The van der Waals surface area contributed by atoms with Crippen molar-refractivity contribution in [3.63, 3.8) is 0 Å². The zero-order chi connectivity index (χ0) is 41.0. The van der Waals surface area contributed by atoms with Crippen molar-refractivity contribution in [3.05, 3.63) is 259 Å². The molecule has 0 saturated carbocycles. The van der Waals surface area contributed by atoms with Gasteiger partial charge in [0.1, 0.15) is 0 Å². The van der Waals surface area contributed by atoms with Gasteiger partial charge in [0.2, 0.25) is 0 Å². The molecule has 12 rings (SSSR count). The summed E-state index contributed by atoms with van der Waals surface area (Å²) in [6, 6.07) is 85.2. The van der Waals surface area contributed by atoms with Crippen LogP contribution in [-0.2, 0) is 5.41 Å². The summed E-state index contributed by atoms with van der Waals surface area (Å²) in [4.78, 5) is 10.6. The van der Waals surface area contributed by atoms with Crippen molar-refractivity contribution in [2.75, 3.05) is 0 Å². The Kier molecular flexibility index (Phi) is 8.39. The number of nitrogens with zero attached hydrogens (tertiary/aromatic N) is 3. The molecule has 1 aliphatic carbocycles. The third kappa shape index (κ3) is 5.67. The van der Waals surface area contributed by atoms with Gasteiger partial charge in [0.05, 0.1) is 27.8 Å². The van der Waals surface area contributed by atoms with Crippen molar-refractivity contribution in [2.45, 2.75) is 5.41 Å². The fourth-order valence-electron chi connectivity index (χ4n) is 9.94. The lowest BCUT2D eigenvalue weighted by atomic mass is 9.67. The van der Waals surface area contributed by atoms with E-state index in [-0.39, 0.29) is 0 Å². The summed E-state index contributed by atoms with van der Waals surface area (Å²) in [6.45, 7) is 0. The van der Waals surface area contributed by atoms with Gasteiger partial charge in [-0.3, -0.25) is 0 Å². The second-order valence-electron chi connectivity index (χ2n) is 16.1. The van der Waals surface area contributed by atoms with E-state index in [9.17, 15) is 0 Å². The van der Waals surface area contributed by atoms with E-state index in [1.165, 1.54) is 49.7 Å². The topological polar surface area (TPSA) is 30.7 Å². The van der Waals surface area contributed by atoms with Crippen LogP contribution < -0.4 is 0 Å². The number of hydrogen-bond donors (Lipinski definition) is 0. The lowest BCUT2D eigenvalue weighted by molar-refractivity contribution is 0.769. The lowest BCUT2D eigenvalue weighted by Gasteiger charge is -2.34.